The van der Waals surface area contributed by atoms with Gasteiger partial charge in [-0.3, -0.25) is 4.79 Å². The van der Waals surface area contributed by atoms with E-state index in [1.165, 1.54) is 0 Å². The lowest BCUT2D eigenvalue weighted by molar-refractivity contribution is -0.130. The van der Waals surface area contributed by atoms with E-state index in [1.54, 1.807) is 4.90 Å². The molecule has 0 aliphatic carbocycles. The van der Waals surface area contributed by atoms with Gasteiger partial charge in [-0.25, -0.2) is 4.98 Å². The first-order chi connectivity index (χ1) is 12.8. The van der Waals surface area contributed by atoms with E-state index < -0.39 is 0 Å². The number of hydrogen-bond acceptors (Lipinski definition) is 5. The molecule has 0 saturated carbocycles. The Bertz CT molecular complexity index is 754. The van der Waals surface area contributed by atoms with Gasteiger partial charge in [-0.1, -0.05) is 30.3 Å². The molecule has 1 amide bonds. The van der Waals surface area contributed by atoms with E-state index in [0.717, 1.165) is 29.8 Å². The minimum Gasteiger partial charge on any atom is -0.369 e. The lowest BCUT2D eigenvalue weighted by Crippen LogP contribution is -2.41. The molecule has 6 nitrogen and oxygen atoms in total. The summed E-state index contributed by atoms with van der Waals surface area (Å²) in [4.78, 5) is 18.2. The minimum atomic E-state index is -0.255. The zero-order valence-corrected chi connectivity index (χ0v) is 14.7. The van der Waals surface area contributed by atoms with Crippen LogP contribution < -0.4 is 10.6 Å². The summed E-state index contributed by atoms with van der Waals surface area (Å²) in [5.74, 6) is 0.807. The van der Waals surface area contributed by atoms with Gasteiger partial charge in [0.05, 0.1) is 12.6 Å². The van der Waals surface area contributed by atoms with Crippen LogP contribution in [0, 0.1) is 11.3 Å². The molecule has 1 aliphatic heterocycles. The van der Waals surface area contributed by atoms with Crippen molar-refractivity contribution in [1.82, 2.24) is 15.2 Å². The highest BCUT2D eigenvalue weighted by atomic mass is 16.2. The molecule has 6 heteroatoms. The van der Waals surface area contributed by atoms with E-state index in [9.17, 15) is 4.79 Å². The van der Waals surface area contributed by atoms with Crippen LogP contribution >= 0.6 is 0 Å². The number of carbonyl (C=O) groups excluding carboxylic acids is 1. The molecular formula is C20H23N5O. The molecule has 2 aromatic rings. The molecule has 3 rings (SSSR count). The predicted molar refractivity (Wildman–Crippen MR) is 101 cm³/mol. The molecule has 0 bridgehead atoms. The molecule has 26 heavy (non-hydrogen) atoms. The van der Waals surface area contributed by atoms with Crippen LogP contribution in [0.4, 0.5) is 5.82 Å². The summed E-state index contributed by atoms with van der Waals surface area (Å²) in [7, 11) is 0. The summed E-state index contributed by atoms with van der Waals surface area (Å²) in [6, 6.07) is 16.1. The monoisotopic (exact) mass is 349 g/mol. The van der Waals surface area contributed by atoms with Crippen LogP contribution in [0.3, 0.4) is 0 Å². The predicted octanol–water partition coefficient (Wildman–Crippen LogP) is 2.26. The van der Waals surface area contributed by atoms with Gasteiger partial charge < -0.3 is 15.5 Å². The fraction of sp³-hybridized carbons (Fsp3) is 0.350. The van der Waals surface area contributed by atoms with Crippen molar-refractivity contribution in [2.24, 2.45) is 0 Å². The standard InChI is InChI=1S/C20H23N5O/c21-13-18-7-4-12-25(18)20(26)15-22-10-11-23-19-9-8-17(14-24-19)16-5-2-1-3-6-16/h1-3,5-6,8-9,14,18,22H,4,7,10-12,15H2,(H,23,24). The Balaban J connectivity index is 1.37. The van der Waals surface area contributed by atoms with Gasteiger partial charge in [-0.15, -0.1) is 0 Å². The van der Waals surface area contributed by atoms with Crippen LogP contribution in [0.25, 0.3) is 11.1 Å². The van der Waals surface area contributed by atoms with Gasteiger partial charge in [0, 0.05) is 31.4 Å². The summed E-state index contributed by atoms with van der Waals surface area (Å²) in [6.07, 6.45) is 3.55. The Morgan fingerprint density at radius 3 is 2.77 bits per heavy atom. The maximum absolute atomic E-state index is 12.1. The molecule has 2 N–H and O–H groups in total. The smallest absolute Gasteiger partial charge is 0.237 e. The van der Waals surface area contributed by atoms with Crippen LogP contribution in [0.15, 0.2) is 48.7 Å². The van der Waals surface area contributed by atoms with E-state index in [-0.39, 0.29) is 18.5 Å². The van der Waals surface area contributed by atoms with Gasteiger partial charge in [0.1, 0.15) is 11.9 Å². The number of carbonyl (C=O) groups is 1. The van der Waals surface area contributed by atoms with Gasteiger partial charge in [-0.05, 0) is 30.5 Å². The van der Waals surface area contributed by atoms with Crippen molar-refractivity contribution >= 4 is 11.7 Å². The van der Waals surface area contributed by atoms with Gasteiger partial charge in [0.25, 0.3) is 0 Å². The van der Waals surface area contributed by atoms with Crippen molar-refractivity contribution in [3.63, 3.8) is 0 Å². The maximum Gasteiger partial charge on any atom is 0.237 e. The molecule has 0 radical (unpaired) electrons. The Morgan fingerprint density at radius 1 is 1.19 bits per heavy atom. The van der Waals surface area contributed by atoms with Crippen LogP contribution in [0.5, 0.6) is 0 Å². The number of amides is 1. The molecule has 0 spiro atoms. The molecular weight excluding hydrogens is 326 g/mol. The minimum absolute atomic E-state index is 0.000566. The number of nitrogens with one attached hydrogen (secondary N) is 2. The fourth-order valence-electron chi connectivity index (χ4n) is 3.08. The number of anilines is 1. The van der Waals surface area contributed by atoms with Crippen molar-refractivity contribution in [3.05, 3.63) is 48.7 Å². The first kappa shape index (κ1) is 17.9. The zero-order chi connectivity index (χ0) is 18.2. The van der Waals surface area contributed by atoms with Crippen molar-refractivity contribution in [3.8, 4) is 17.2 Å². The van der Waals surface area contributed by atoms with Gasteiger partial charge >= 0.3 is 0 Å². The quantitative estimate of drug-likeness (QED) is 0.750. The number of rotatable bonds is 7. The first-order valence-electron chi connectivity index (χ1n) is 8.93. The summed E-state index contributed by atoms with van der Waals surface area (Å²) in [5.41, 5.74) is 2.22. The topological polar surface area (TPSA) is 81.0 Å². The molecule has 1 aromatic carbocycles. The zero-order valence-electron chi connectivity index (χ0n) is 14.7. The van der Waals surface area contributed by atoms with E-state index >= 15 is 0 Å². The van der Waals surface area contributed by atoms with Crippen molar-refractivity contribution in [2.75, 3.05) is 31.5 Å². The number of likely N-dealkylation sites (tertiary alicyclic amines) is 1. The normalized spacial score (nSPS) is 16.3. The molecule has 2 heterocycles. The van der Waals surface area contributed by atoms with Gasteiger partial charge in [-0.2, -0.15) is 5.26 Å². The molecule has 1 aliphatic rings. The highest BCUT2D eigenvalue weighted by Gasteiger charge is 2.27. The average molecular weight is 349 g/mol. The molecule has 1 aromatic heterocycles. The molecule has 134 valence electrons. The van der Waals surface area contributed by atoms with Crippen LogP contribution in [-0.2, 0) is 4.79 Å². The number of nitriles is 1. The van der Waals surface area contributed by atoms with E-state index in [1.807, 2.05) is 36.5 Å². The Morgan fingerprint density at radius 2 is 2.04 bits per heavy atom. The van der Waals surface area contributed by atoms with E-state index in [4.69, 9.17) is 5.26 Å². The summed E-state index contributed by atoms with van der Waals surface area (Å²) >= 11 is 0. The molecule has 1 atom stereocenters. The third-order valence-corrected chi connectivity index (χ3v) is 4.48. The Kier molecular flexibility index (Phi) is 6.18. The van der Waals surface area contributed by atoms with Crippen molar-refractivity contribution in [2.45, 2.75) is 18.9 Å². The second kappa shape index (κ2) is 8.97. The van der Waals surface area contributed by atoms with Crippen LogP contribution in [-0.4, -0.2) is 48.0 Å². The fourth-order valence-corrected chi connectivity index (χ4v) is 3.08. The third-order valence-electron chi connectivity index (χ3n) is 4.48. The summed E-state index contributed by atoms with van der Waals surface area (Å²) < 4.78 is 0. The van der Waals surface area contributed by atoms with E-state index in [2.05, 4.69) is 33.8 Å². The number of aromatic nitrogens is 1. The SMILES string of the molecule is N#CC1CCCN1C(=O)CNCCNc1ccc(-c2ccccc2)cn1. The molecule has 1 unspecified atom stereocenters. The lowest BCUT2D eigenvalue weighted by atomic mass is 10.1. The average Bonchev–Trinajstić information content (AvgIpc) is 3.18. The number of benzene rings is 1. The highest BCUT2D eigenvalue weighted by molar-refractivity contribution is 5.79. The Hall–Kier alpha value is -2.91. The highest BCUT2D eigenvalue weighted by Crippen LogP contribution is 2.19. The second-order valence-corrected chi connectivity index (χ2v) is 6.28. The van der Waals surface area contributed by atoms with Crippen LogP contribution in [0.2, 0.25) is 0 Å². The van der Waals surface area contributed by atoms with E-state index in [0.29, 0.717) is 19.6 Å². The largest absolute Gasteiger partial charge is 0.369 e. The molecule has 1 fully saturated rings. The van der Waals surface area contributed by atoms with Gasteiger partial charge in [0.15, 0.2) is 0 Å². The number of hydrogen-bond donors (Lipinski definition) is 2. The van der Waals surface area contributed by atoms with Crippen molar-refractivity contribution < 1.29 is 4.79 Å². The molecule has 1 saturated heterocycles. The third kappa shape index (κ3) is 4.58. The maximum atomic E-state index is 12.1. The number of nitrogens with zero attached hydrogens (tertiary/aromatic N) is 3. The summed E-state index contributed by atoms with van der Waals surface area (Å²) in [5, 5.41) is 15.4. The van der Waals surface area contributed by atoms with Crippen molar-refractivity contribution in [1.29, 1.82) is 5.26 Å². The summed E-state index contributed by atoms with van der Waals surface area (Å²) in [6.45, 7) is 2.28. The van der Waals surface area contributed by atoms with Gasteiger partial charge in [0.2, 0.25) is 5.91 Å². The first-order valence-corrected chi connectivity index (χ1v) is 8.93. The lowest BCUT2D eigenvalue weighted by Gasteiger charge is -2.19. The number of pyridine rings is 1. The Labute approximate surface area is 153 Å². The second-order valence-electron chi connectivity index (χ2n) is 6.28. The van der Waals surface area contributed by atoms with Crippen LogP contribution in [0.1, 0.15) is 12.8 Å².